The lowest BCUT2D eigenvalue weighted by Gasteiger charge is -2.60. The first-order chi connectivity index (χ1) is 10.6. The first kappa shape index (κ1) is 15.5. The van der Waals surface area contributed by atoms with E-state index in [0.29, 0.717) is 24.9 Å². The van der Waals surface area contributed by atoms with Gasteiger partial charge in [0.15, 0.2) is 0 Å². The summed E-state index contributed by atoms with van der Waals surface area (Å²) in [7, 11) is 1.76. The zero-order valence-corrected chi connectivity index (χ0v) is 13.3. The van der Waals surface area contributed by atoms with Crippen LogP contribution in [0.5, 0.6) is 0 Å². The maximum atomic E-state index is 11.9. The van der Waals surface area contributed by atoms with Crippen LogP contribution in [0.4, 0.5) is 0 Å². The first-order valence-corrected chi connectivity index (χ1v) is 8.31. The number of amides is 2. The fraction of sp³-hybridized carbons (Fsp3) is 0.765. The minimum absolute atomic E-state index is 0.276. The molecule has 4 aliphatic rings. The van der Waals surface area contributed by atoms with E-state index < -0.39 is 11.8 Å². The van der Waals surface area contributed by atoms with Gasteiger partial charge in [0.2, 0.25) is 0 Å². The van der Waals surface area contributed by atoms with Crippen LogP contribution in [0.1, 0.15) is 32.1 Å². The van der Waals surface area contributed by atoms with Gasteiger partial charge in [-0.05, 0) is 55.8 Å². The monoisotopic (exact) mass is 306 g/mol. The molecule has 0 aromatic carbocycles. The standard InChI is InChI=1S/C17H26N2O3/c1-3-4-18-15(20)16(21)19-10-17(22-2)13-6-11-5-12(8-13)9-14(17)7-11/h3,11-14H,1,4-10H2,2H3,(H,18,20)(H,19,21). The SMILES string of the molecule is C=CCNC(=O)C(=O)NCC1(OC)C2CC3CC(C2)CC1C3. The molecular formula is C17H26N2O3. The van der Waals surface area contributed by atoms with Crippen molar-refractivity contribution < 1.29 is 14.3 Å². The van der Waals surface area contributed by atoms with Crippen molar-refractivity contribution in [2.24, 2.45) is 23.7 Å². The van der Waals surface area contributed by atoms with Gasteiger partial charge in [0.05, 0.1) is 5.60 Å². The third-order valence-corrected chi connectivity index (χ3v) is 6.04. The van der Waals surface area contributed by atoms with Crippen molar-refractivity contribution in [3.63, 3.8) is 0 Å². The van der Waals surface area contributed by atoms with Crippen molar-refractivity contribution in [1.82, 2.24) is 10.6 Å². The van der Waals surface area contributed by atoms with Gasteiger partial charge in [0, 0.05) is 20.2 Å². The smallest absolute Gasteiger partial charge is 0.309 e. The molecule has 4 rings (SSSR count). The Morgan fingerprint density at radius 3 is 2.14 bits per heavy atom. The van der Waals surface area contributed by atoms with E-state index in [1.54, 1.807) is 13.2 Å². The molecule has 0 aromatic rings. The van der Waals surface area contributed by atoms with Crippen LogP contribution in [-0.2, 0) is 14.3 Å². The van der Waals surface area contributed by atoms with Crippen molar-refractivity contribution in [3.05, 3.63) is 12.7 Å². The third kappa shape index (κ3) is 2.56. The molecule has 2 N–H and O–H groups in total. The lowest BCUT2D eigenvalue weighted by Crippen LogP contribution is -2.63. The molecule has 0 spiro atoms. The molecule has 0 heterocycles. The fourth-order valence-corrected chi connectivity index (χ4v) is 5.22. The molecule has 0 aliphatic heterocycles. The average Bonchev–Trinajstić information content (AvgIpc) is 2.51. The highest BCUT2D eigenvalue weighted by molar-refractivity contribution is 6.35. The Kier molecular flexibility index (Phi) is 4.26. The quantitative estimate of drug-likeness (QED) is 0.593. The average molecular weight is 306 g/mol. The number of carbonyl (C=O) groups excluding carboxylic acids is 2. The van der Waals surface area contributed by atoms with Crippen molar-refractivity contribution in [2.45, 2.75) is 37.7 Å². The predicted octanol–water partition coefficient (Wildman–Crippen LogP) is 1.25. The van der Waals surface area contributed by atoms with E-state index in [1.165, 1.54) is 32.1 Å². The van der Waals surface area contributed by atoms with Gasteiger partial charge in [0.25, 0.3) is 0 Å². The zero-order valence-electron chi connectivity index (χ0n) is 13.3. The van der Waals surface area contributed by atoms with Crippen LogP contribution < -0.4 is 10.6 Å². The molecule has 122 valence electrons. The van der Waals surface area contributed by atoms with Crippen LogP contribution in [0.2, 0.25) is 0 Å². The van der Waals surface area contributed by atoms with Crippen LogP contribution in [0.3, 0.4) is 0 Å². The summed E-state index contributed by atoms with van der Waals surface area (Å²) in [5.74, 6) is 1.55. The molecule has 0 radical (unpaired) electrons. The number of hydrogen-bond donors (Lipinski definition) is 2. The molecule has 2 amide bonds. The van der Waals surface area contributed by atoms with Crippen LogP contribution in [0.25, 0.3) is 0 Å². The third-order valence-electron chi connectivity index (χ3n) is 6.04. The van der Waals surface area contributed by atoms with E-state index in [2.05, 4.69) is 17.2 Å². The summed E-state index contributed by atoms with van der Waals surface area (Å²) in [5, 5.41) is 5.31. The Labute approximate surface area is 131 Å². The van der Waals surface area contributed by atoms with Crippen LogP contribution >= 0.6 is 0 Å². The fourth-order valence-electron chi connectivity index (χ4n) is 5.22. The van der Waals surface area contributed by atoms with E-state index in [0.717, 1.165) is 11.8 Å². The number of nitrogens with one attached hydrogen (secondary N) is 2. The van der Waals surface area contributed by atoms with E-state index in [1.807, 2.05) is 0 Å². The molecule has 0 aromatic heterocycles. The highest BCUT2D eigenvalue weighted by atomic mass is 16.5. The Balaban J connectivity index is 1.63. The van der Waals surface area contributed by atoms with Gasteiger partial charge in [-0.1, -0.05) is 6.08 Å². The summed E-state index contributed by atoms with van der Waals surface area (Å²) in [5.41, 5.74) is -0.276. The molecule has 5 heteroatoms. The number of carbonyl (C=O) groups is 2. The van der Waals surface area contributed by atoms with Gasteiger partial charge in [-0.2, -0.15) is 0 Å². The molecule has 4 saturated carbocycles. The summed E-state index contributed by atoms with van der Waals surface area (Å²) in [4.78, 5) is 23.6. The highest BCUT2D eigenvalue weighted by Crippen LogP contribution is 2.59. The highest BCUT2D eigenvalue weighted by Gasteiger charge is 2.57. The van der Waals surface area contributed by atoms with Gasteiger partial charge in [-0.3, -0.25) is 9.59 Å². The lowest BCUT2D eigenvalue weighted by atomic mass is 9.49. The second-order valence-corrected chi connectivity index (χ2v) is 7.14. The van der Waals surface area contributed by atoms with Gasteiger partial charge in [0.1, 0.15) is 0 Å². The molecular weight excluding hydrogens is 280 g/mol. The maximum Gasteiger partial charge on any atom is 0.309 e. The van der Waals surface area contributed by atoms with Crippen molar-refractivity contribution in [2.75, 3.05) is 20.2 Å². The Bertz CT molecular complexity index is 447. The minimum atomic E-state index is -0.602. The molecule has 0 saturated heterocycles. The molecule has 5 nitrogen and oxygen atoms in total. The molecule has 4 bridgehead atoms. The second kappa shape index (κ2) is 6.03. The number of hydrogen-bond acceptors (Lipinski definition) is 3. The van der Waals surface area contributed by atoms with E-state index in [4.69, 9.17) is 4.74 Å². The van der Waals surface area contributed by atoms with E-state index in [-0.39, 0.29) is 5.60 Å². The molecule has 22 heavy (non-hydrogen) atoms. The van der Waals surface area contributed by atoms with Crippen molar-refractivity contribution in [1.29, 1.82) is 0 Å². The summed E-state index contributed by atoms with van der Waals surface area (Å²) in [6.45, 7) is 4.26. The van der Waals surface area contributed by atoms with E-state index >= 15 is 0 Å². The maximum absolute atomic E-state index is 11.9. The number of methoxy groups -OCH3 is 1. The van der Waals surface area contributed by atoms with Crippen LogP contribution in [0, 0.1) is 23.7 Å². The van der Waals surface area contributed by atoms with Gasteiger partial charge in [-0.25, -0.2) is 0 Å². The van der Waals surface area contributed by atoms with Gasteiger partial charge >= 0.3 is 11.8 Å². The Morgan fingerprint density at radius 2 is 1.64 bits per heavy atom. The summed E-state index contributed by atoms with van der Waals surface area (Å²) < 4.78 is 5.96. The summed E-state index contributed by atoms with van der Waals surface area (Å²) in [6, 6.07) is 0. The zero-order chi connectivity index (χ0) is 15.7. The summed E-state index contributed by atoms with van der Waals surface area (Å²) >= 11 is 0. The first-order valence-electron chi connectivity index (χ1n) is 8.31. The second-order valence-electron chi connectivity index (χ2n) is 7.14. The van der Waals surface area contributed by atoms with Crippen molar-refractivity contribution in [3.8, 4) is 0 Å². The number of rotatable bonds is 5. The van der Waals surface area contributed by atoms with Crippen LogP contribution in [0.15, 0.2) is 12.7 Å². The Hall–Kier alpha value is -1.36. The Morgan fingerprint density at radius 1 is 1.09 bits per heavy atom. The van der Waals surface area contributed by atoms with E-state index in [9.17, 15) is 9.59 Å². The molecule has 4 fully saturated rings. The number of ether oxygens (including phenoxy) is 1. The predicted molar refractivity (Wildman–Crippen MR) is 83.0 cm³/mol. The largest absolute Gasteiger partial charge is 0.376 e. The van der Waals surface area contributed by atoms with Crippen LogP contribution in [-0.4, -0.2) is 37.6 Å². The van der Waals surface area contributed by atoms with Gasteiger partial charge in [-0.15, -0.1) is 6.58 Å². The van der Waals surface area contributed by atoms with Gasteiger partial charge < -0.3 is 15.4 Å². The molecule has 0 atom stereocenters. The van der Waals surface area contributed by atoms with Crippen molar-refractivity contribution >= 4 is 11.8 Å². The summed E-state index contributed by atoms with van der Waals surface area (Å²) in [6.07, 6.45) is 7.76. The molecule has 0 unspecified atom stereocenters. The normalized spacial score (nSPS) is 38.6. The minimum Gasteiger partial charge on any atom is -0.376 e. The molecule has 4 aliphatic carbocycles. The topological polar surface area (TPSA) is 67.4 Å². The lowest BCUT2D eigenvalue weighted by molar-refractivity contribution is -0.188.